The van der Waals surface area contributed by atoms with Gasteiger partial charge < -0.3 is 5.11 Å². The monoisotopic (exact) mass is 296 g/mol. The first-order chi connectivity index (χ1) is 10.1. The Hall–Kier alpha value is -1.04. The Balaban J connectivity index is 1.81. The van der Waals surface area contributed by atoms with Gasteiger partial charge in [-0.15, -0.1) is 0 Å². The Labute approximate surface area is 124 Å². The Morgan fingerprint density at radius 1 is 1.29 bits per heavy atom. The number of halogens is 2. The highest BCUT2D eigenvalue weighted by Gasteiger charge is 2.36. The molecule has 0 bridgehead atoms. The molecule has 0 unspecified atom stereocenters. The van der Waals surface area contributed by atoms with Crippen LogP contribution in [0.3, 0.4) is 0 Å². The van der Waals surface area contributed by atoms with Crippen LogP contribution >= 0.6 is 0 Å². The molecule has 0 aromatic heterocycles. The number of benzene rings is 1. The van der Waals surface area contributed by atoms with Gasteiger partial charge in [0.25, 0.3) is 0 Å². The fourth-order valence-corrected chi connectivity index (χ4v) is 3.58. The van der Waals surface area contributed by atoms with Crippen molar-refractivity contribution >= 4 is 0 Å². The first kappa shape index (κ1) is 14.9. The summed E-state index contributed by atoms with van der Waals surface area (Å²) in [5.41, 5.74) is 0.589. The van der Waals surface area contributed by atoms with E-state index in [4.69, 9.17) is 0 Å². The van der Waals surface area contributed by atoms with Gasteiger partial charge in [0.1, 0.15) is 11.6 Å². The summed E-state index contributed by atoms with van der Waals surface area (Å²) in [6.45, 7) is 4.54. The maximum Gasteiger partial charge on any atom is 0.133 e. The lowest BCUT2D eigenvalue weighted by molar-refractivity contribution is 0.0158. The number of hydrogen-bond donors (Lipinski definition) is 1. The third-order valence-electron chi connectivity index (χ3n) is 4.86. The van der Waals surface area contributed by atoms with Crippen molar-refractivity contribution in [2.24, 2.45) is 0 Å². The van der Waals surface area contributed by atoms with Crippen LogP contribution in [0.4, 0.5) is 8.78 Å². The smallest absolute Gasteiger partial charge is 0.133 e. The Kier molecular flexibility index (Phi) is 4.24. The maximum atomic E-state index is 14.2. The molecule has 5 heteroatoms. The standard InChI is InChI=1S/C16H22F2N2O/c1-11-4-5-15(17)14(16(11)18)9-20-7-12-3-2-6-19(12)8-13(20)10-21/h4-5,12-13,21H,2-3,6-10H2,1H3/t12-,13+/m0/s1. The number of fused-ring (bicyclic) bond motifs is 1. The van der Waals surface area contributed by atoms with Crippen molar-refractivity contribution in [2.45, 2.75) is 38.4 Å². The minimum absolute atomic E-state index is 0.0261. The molecule has 0 amide bonds. The normalized spacial score (nSPS) is 27.0. The summed E-state index contributed by atoms with van der Waals surface area (Å²) in [5.74, 6) is -0.954. The van der Waals surface area contributed by atoms with E-state index >= 15 is 0 Å². The molecule has 0 radical (unpaired) electrons. The third kappa shape index (κ3) is 2.82. The van der Waals surface area contributed by atoms with E-state index in [1.54, 1.807) is 6.92 Å². The molecule has 2 fully saturated rings. The summed E-state index contributed by atoms with van der Waals surface area (Å²) >= 11 is 0. The molecular weight excluding hydrogens is 274 g/mol. The molecule has 2 aliphatic heterocycles. The second-order valence-electron chi connectivity index (χ2n) is 6.21. The summed E-state index contributed by atoms with van der Waals surface area (Å²) in [6.07, 6.45) is 2.30. The minimum atomic E-state index is -0.497. The number of rotatable bonds is 3. The quantitative estimate of drug-likeness (QED) is 0.923. The van der Waals surface area contributed by atoms with Gasteiger partial charge in [-0.3, -0.25) is 9.80 Å². The highest BCUT2D eigenvalue weighted by molar-refractivity contribution is 5.26. The summed E-state index contributed by atoms with van der Waals surface area (Å²) < 4.78 is 28.1. The Bertz CT molecular complexity index is 523. The predicted molar refractivity (Wildman–Crippen MR) is 77.0 cm³/mol. The molecule has 1 aromatic carbocycles. The van der Waals surface area contributed by atoms with Crippen LogP contribution in [0.5, 0.6) is 0 Å². The molecule has 2 atom stereocenters. The zero-order valence-corrected chi connectivity index (χ0v) is 12.4. The first-order valence-electron chi connectivity index (χ1n) is 7.62. The highest BCUT2D eigenvalue weighted by Crippen LogP contribution is 2.27. The molecule has 0 saturated carbocycles. The average Bonchev–Trinajstić information content (AvgIpc) is 2.93. The molecule has 3 rings (SSSR count). The molecule has 21 heavy (non-hydrogen) atoms. The van der Waals surface area contributed by atoms with Gasteiger partial charge in [0.05, 0.1) is 6.61 Å². The van der Waals surface area contributed by atoms with Crippen LogP contribution in [-0.4, -0.2) is 53.2 Å². The SMILES string of the molecule is Cc1ccc(F)c(CN2C[C@@H]3CCCN3C[C@@H]2CO)c1F. The molecule has 0 aliphatic carbocycles. The lowest BCUT2D eigenvalue weighted by Crippen LogP contribution is -2.56. The second kappa shape index (κ2) is 5.99. The van der Waals surface area contributed by atoms with Gasteiger partial charge in [0, 0.05) is 37.3 Å². The van der Waals surface area contributed by atoms with E-state index in [9.17, 15) is 13.9 Å². The van der Waals surface area contributed by atoms with Crippen LogP contribution in [0.25, 0.3) is 0 Å². The van der Waals surface area contributed by atoms with E-state index < -0.39 is 11.6 Å². The van der Waals surface area contributed by atoms with Crippen molar-refractivity contribution < 1.29 is 13.9 Å². The largest absolute Gasteiger partial charge is 0.395 e. The first-order valence-corrected chi connectivity index (χ1v) is 7.62. The number of hydrogen-bond acceptors (Lipinski definition) is 3. The Morgan fingerprint density at radius 2 is 2.10 bits per heavy atom. The Morgan fingerprint density at radius 3 is 2.86 bits per heavy atom. The van der Waals surface area contributed by atoms with Crippen molar-refractivity contribution in [1.29, 1.82) is 0 Å². The summed E-state index contributed by atoms with van der Waals surface area (Å²) in [7, 11) is 0. The second-order valence-corrected chi connectivity index (χ2v) is 6.21. The van der Waals surface area contributed by atoms with Crippen LogP contribution in [0.1, 0.15) is 24.0 Å². The molecule has 2 aliphatic rings. The van der Waals surface area contributed by atoms with Gasteiger partial charge in [0.15, 0.2) is 0 Å². The van der Waals surface area contributed by atoms with E-state index in [0.29, 0.717) is 11.6 Å². The fraction of sp³-hybridized carbons (Fsp3) is 0.625. The molecule has 2 heterocycles. The topological polar surface area (TPSA) is 26.7 Å². The minimum Gasteiger partial charge on any atom is -0.395 e. The number of aliphatic hydroxyl groups is 1. The van der Waals surface area contributed by atoms with Gasteiger partial charge in [0.2, 0.25) is 0 Å². The third-order valence-corrected chi connectivity index (χ3v) is 4.86. The van der Waals surface area contributed by atoms with E-state index in [-0.39, 0.29) is 24.8 Å². The number of nitrogens with zero attached hydrogens (tertiary/aromatic N) is 2. The zero-order chi connectivity index (χ0) is 15.0. The van der Waals surface area contributed by atoms with Crippen LogP contribution in [-0.2, 0) is 6.54 Å². The summed E-state index contributed by atoms with van der Waals surface area (Å²) in [6, 6.07) is 3.21. The van der Waals surface area contributed by atoms with Crippen LogP contribution in [0.2, 0.25) is 0 Å². The van der Waals surface area contributed by atoms with Gasteiger partial charge in [-0.1, -0.05) is 6.07 Å². The zero-order valence-electron chi connectivity index (χ0n) is 12.4. The van der Waals surface area contributed by atoms with Crippen molar-refractivity contribution in [1.82, 2.24) is 9.80 Å². The lowest BCUT2D eigenvalue weighted by Gasteiger charge is -2.43. The van der Waals surface area contributed by atoms with E-state index in [0.717, 1.165) is 26.1 Å². The highest BCUT2D eigenvalue weighted by atomic mass is 19.1. The van der Waals surface area contributed by atoms with Crippen LogP contribution < -0.4 is 0 Å². The van der Waals surface area contributed by atoms with Crippen LogP contribution in [0.15, 0.2) is 12.1 Å². The molecular formula is C16H22F2N2O. The van der Waals surface area contributed by atoms with Crippen molar-refractivity contribution in [3.63, 3.8) is 0 Å². The fourth-order valence-electron chi connectivity index (χ4n) is 3.58. The molecule has 1 aromatic rings. The van der Waals surface area contributed by atoms with Gasteiger partial charge in [-0.2, -0.15) is 0 Å². The van der Waals surface area contributed by atoms with Crippen LogP contribution in [0, 0.1) is 18.6 Å². The molecule has 116 valence electrons. The number of aliphatic hydroxyl groups excluding tert-OH is 1. The molecule has 0 spiro atoms. The lowest BCUT2D eigenvalue weighted by atomic mass is 10.0. The number of aryl methyl sites for hydroxylation is 1. The van der Waals surface area contributed by atoms with E-state index in [1.165, 1.54) is 18.6 Å². The summed E-state index contributed by atoms with van der Waals surface area (Å²) in [4.78, 5) is 4.42. The van der Waals surface area contributed by atoms with Crippen molar-refractivity contribution in [3.8, 4) is 0 Å². The number of piperazine rings is 1. The molecule has 1 N–H and O–H groups in total. The van der Waals surface area contributed by atoms with Gasteiger partial charge >= 0.3 is 0 Å². The van der Waals surface area contributed by atoms with Gasteiger partial charge in [-0.25, -0.2) is 8.78 Å². The molecule has 2 saturated heterocycles. The van der Waals surface area contributed by atoms with Gasteiger partial charge in [-0.05, 0) is 37.9 Å². The van der Waals surface area contributed by atoms with E-state index in [1.807, 2.05) is 4.90 Å². The van der Waals surface area contributed by atoms with Crippen molar-refractivity contribution in [3.05, 3.63) is 34.9 Å². The van der Waals surface area contributed by atoms with E-state index in [2.05, 4.69) is 4.90 Å². The molecule has 3 nitrogen and oxygen atoms in total. The van der Waals surface area contributed by atoms with Crippen molar-refractivity contribution in [2.75, 3.05) is 26.2 Å². The summed E-state index contributed by atoms with van der Waals surface area (Å²) in [5, 5.41) is 9.60. The average molecular weight is 296 g/mol. The predicted octanol–water partition coefficient (Wildman–Crippen LogP) is 1.91. The maximum absolute atomic E-state index is 14.2.